The van der Waals surface area contributed by atoms with Crippen molar-refractivity contribution in [3.8, 4) is 0 Å². The number of anilines is 1. The van der Waals surface area contributed by atoms with Crippen molar-refractivity contribution in [2.24, 2.45) is 0 Å². The van der Waals surface area contributed by atoms with Crippen molar-refractivity contribution in [1.82, 2.24) is 10.6 Å². The predicted molar refractivity (Wildman–Crippen MR) is 80.3 cm³/mol. The Morgan fingerprint density at radius 3 is 2.35 bits per heavy atom. The lowest BCUT2D eigenvalue weighted by atomic mass is 9.96. The number of nitrogens with one attached hydrogen (secondary N) is 2. The van der Waals surface area contributed by atoms with Crippen molar-refractivity contribution in [3.05, 3.63) is 29.8 Å². The van der Waals surface area contributed by atoms with E-state index >= 15 is 0 Å². The number of nitrogen functional groups attached to an aromatic ring is 1. The predicted octanol–water partition coefficient (Wildman–Crippen LogP) is 2.89. The fourth-order valence-corrected chi connectivity index (χ4v) is 3.10. The van der Waals surface area contributed by atoms with Gasteiger partial charge in [0.2, 0.25) is 0 Å². The van der Waals surface area contributed by atoms with Crippen LogP contribution in [-0.4, -0.2) is 12.1 Å². The van der Waals surface area contributed by atoms with Crippen LogP contribution in [0.3, 0.4) is 0 Å². The van der Waals surface area contributed by atoms with Crippen molar-refractivity contribution in [3.63, 3.8) is 0 Å². The summed E-state index contributed by atoms with van der Waals surface area (Å²) < 4.78 is 0. The molecule has 0 saturated heterocycles. The Morgan fingerprint density at radius 1 is 1.10 bits per heavy atom. The summed E-state index contributed by atoms with van der Waals surface area (Å²) in [6, 6.07) is 8.16. The maximum absolute atomic E-state index is 12.2. The highest BCUT2D eigenvalue weighted by atomic mass is 16.2. The number of hydrogen-bond acceptors (Lipinski definition) is 2. The molecule has 4 heteroatoms. The van der Waals surface area contributed by atoms with Gasteiger partial charge in [-0.05, 0) is 43.4 Å². The van der Waals surface area contributed by atoms with Crippen LogP contribution in [0.5, 0.6) is 0 Å². The number of benzene rings is 1. The van der Waals surface area contributed by atoms with Crippen LogP contribution in [0.15, 0.2) is 24.3 Å². The highest BCUT2D eigenvalue weighted by Gasteiger charge is 2.45. The molecule has 0 unspecified atom stereocenters. The molecular formula is C16H23N3O. The van der Waals surface area contributed by atoms with E-state index in [9.17, 15) is 4.79 Å². The molecule has 2 saturated carbocycles. The van der Waals surface area contributed by atoms with E-state index in [4.69, 9.17) is 5.73 Å². The molecule has 0 atom stereocenters. The molecule has 2 aliphatic carbocycles. The first-order valence-electron chi connectivity index (χ1n) is 7.63. The van der Waals surface area contributed by atoms with E-state index in [-0.39, 0.29) is 11.6 Å². The summed E-state index contributed by atoms with van der Waals surface area (Å²) in [5, 5.41) is 6.28. The standard InChI is InChI=1S/C16H23N3O/c17-13-8-6-12(7-9-13)16(10-11-16)19-15(20)18-14-4-2-1-3-5-14/h6-9,14H,1-5,10-11,17H2,(H2,18,19,20). The summed E-state index contributed by atoms with van der Waals surface area (Å²) in [5.41, 5.74) is 7.47. The number of amides is 2. The SMILES string of the molecule is Nc1ccc(C2(NC(=O)NC3CCCCC3)CC2)cc1. The molecule has 0 aliphatic heterocycles. The van der Waals surface area contributed by atoms with Gasteiger partial charge in [0.25, 0.3) is 0 Å². The molecule has 108 valence electrons. The first-order valence-corrected chi connectivity index (χ1v) is 7.63. The van der Waals surface area contributed by atoms with Gasteiger partial charge in [-0.15, -0.1) is 0 Å². The third-order valence-electron chi connectivity index (χ3n) is 4.51. The minimum absolute atomic E-state index is 0.0220. The minimum Gasteiger partial charge on any atom is -0.399 e. The van der Waals surface area contributed by atoms with Crippen LogP contribution in [0, 0.1) is 0 Å². The molecule has 1 aromatic carbocycles. The van der Waals surface area contributed by atoms with E-state index in [1.54, 1.807) is 0 Å². The molecule has 4 N–H and O–H groups in total. The largest absolute Gasteiger partial charge is 0.399 e. The summed E-state index contributed by atoms with van der Waals surface area (Å²) in [6.45, 7) is 0. The van der Waals surface area contributed by atoms with Crippen molar-refractivity contribution < 1.29 is 4.79 Å². The van der Waals surface area contributed by atoms with Gasteiger partial charge >= 0.3 is 6.03 Å². The van der Waals surface area contributed by atoms with Crippen LogP contribution >= 0.6 is 0 Å². The zero-order chi connectivity index (χ0) is 14.0. The molecule has 2 aliphatic rings. The lowest BCUT2D eigenvalue weighted by molar-refractivity contribution is 0.227. The van der Waals surface area contributed by atoms with Gasteiger partial charge in [0.1, 0.15) is 0 Å². The number of carbonyl (C=O) groups is 1. The van der Waals surface area contributed by atoms with Gasteiger partial charge in [0, 0.05) is 11.7 Å². The number of hydrogen-bond donors (Lipinski definition) is 3. The molecular weight excluding hydrogens is 250 g/mol. The number of nitrogens with two attached hydrogens (primary N) is 1. The summed E-state index contributed by atoms with van der Waals surface area (Å²) in [5.74, 6) is 0. The molecule has 0 radical (unpaired) electrons. The summed E-state index contributed by atoms with van der Waals surface area (Å²) >= 11 is 0. The van der Waals surface area contributed by atoms with E-state index in [1.165, 1.54) is 19.3 Å². The Morgan fingerprint density at radius 2 is 1.75 bits per heavy atom. The Kier molecular flexibility index (Phi) is 3.55. The molecule has 0 bridgehead atoms. The van der Waals surface area contributed by atoms with Crippen LogP contribution in [-0.2, 0) is 5.54 Å². The van der Waals surface area contributed by atoms with Crippen LogP contribution < -0.4 is 16.4 Å². The van der Waals surface area contributed by atoms with Gasteiger partial charge in [0.15, 0.2) is 0 Å². The third-order valence-corrected chi connectivity index (χ3v) is 4.51. The number of carbonyl (C=O) groups excluding carboxylic acids is 1. The fraction of sp³-hybridized carbons (Fsp3) is 0.562. The zero-order valence-electron chi connectivity index (χ0n) is 11.8. The second kappa shape index (κ2) is 5.35. The van der Waals surface area contributed by atoms with E-state index in [0.717, 1.165) is 36.9 Å². The molecule has 4 nitrogen and oxygen atoms in total. The highest BCUT2D eigenvalue weighted by molar-refractivity contribution is 5.76. The van der Waals surface area contributed by atoms with Crippen LogP contribution in [0.1, 0.15) is 50.5 Å². The quantitative estimate of drug-likeness (QED) is 0.741. The van der Waals surface area contributed by atoms with Crippen molar-refractivity contribution >= 4 is 11.7 Å². The zero-order valence-corrected chi connectivity index (χ0v) is 11.8. The summed E-state index contributed by atoms with van der Waals surface area (Å²) in [6.07, 6.45) is 8.01. The fourth-order valence-electron chi connectivity index (χ4n) is 3.10. The Bertz CT molecular complexity index is 473. The van der Waals surface area contributed by atoms with Gasteiger partial charge in [-0.1, -0.05) is 31.4 Å². The molecule has 20 heavy (non-hydrogen) atoms. The van der Waals surface area contributed by atoms with E-state index in [1.807, 2.05) is 24.3 Å². The van der Waals surface area contributed by atoms with Gasteiger partial charge in [0.05, 0.1) is 5.54 Å². The third kappa shape index (κ3) is 2.89. The summed E-state index contributed by atoms with van der Waals surface area (Å²) in [7, 11) is 0. The van der Waals surface area contributed by atoms with Crippen molar-refractivity contribution in [2.75, 3.05) is 5.73 Å². The Labute approximate surface area is 120 Å². The van der Waals surface area contributed by atoms with Gasteiger partial charge < -0.3 is 16.4 Å². The lowest BCUT2D eigenvalue weighted by Gasteiger charge is -2.25. The number of rotatable bonds is 3. The maximum atomic E-state index is 12.2. The van der Waals surface area contributed by atoms with E-state index in [0.29, 0.717) is 6.04 Å². The highest BCUT2D eigenvalue weighted by Crippen LogP contribution is 2.45. The molecule has 3 rings (SSSR count). The topological polar surface area (TPSA) is 67.1 Å². The Hall–Kier alpha value is -1.71. The second-order valence-electron chi connectivity index (χ2n) is 6.14. The number of urea groups is 1. The van der Waals surface area contributed by atoms with Crippen LogP contribution in [0.2, 0.25) is 0 Å². The molecule has 0 heterocycles. The van der Waals surface area contributed by atoms with Crippen molar-refractivity contribution in [2.45, 2.75) is 56.5 Å². The van der Waals surface area contributed by atoms with E-state index < -0.39 is 0 Å². The average Bonchev–Trinajstić information content (AvgIpc) is 3.21. The van der Waals surface area contributed by atoms with Crippen molar-refractivity contribution in [1.29, 1.82) is 0 Å². The van der Waals surface area contributed by atoms with Crippen LogP contribution in [0.4, 0.5) is 10.5 Å². The lowest BCUT2D eigenvalue weighted by Crippen LogP contribution is -2.46. The minimum atomic E-state index is -0.160. The van der Waals surface area contributed by atoms with Gasteiger partial charge in [-0.2, -0.15) is 0 Å². The van der Waals surface area contributed by atoms with Gasteiger partial charge in [-0.3, -0.25) is 0 Å². The molecule has 2 amide bonds. The first kappa shape index (κ1) is 13.3. The smallest absolute Gasteiger partial charge is 0.315 e. The summed E-state index contributed by atoms with van der Waals surface area (Å²) in [4.78, 5) is 12.2. The Balaban J connectivity index is 1.59. The first-order chi connectivity index (χ1) is 9.68. The van der Waals surface area contributed by atoms with Gasteiger partial charge in [-0.25, -0.2) is 4.79 Å². The molecule has 0 aromatic heterocycles. The normalized spacial score (nSPS) is 21.2. The maximum Gasteiger partial charge on any atom is 0.315 e. The second-order valence-corrected chi connectivity index (χ2v) is 6.14. The van der Waals surface area contributed by atoms with E-state index in [2.05, 4.69) is 10.6 Å². The molecule has 0 spiro atoms. The monoisotopic (exact) mass is 273 g/mol. The molecule has 2 fully saturated rings. The average molecular weight is 273 g/mol. The molecule has 1 aromatic rings. The van der Waals surface area contributed by atoms with Crippen LogP contribution in [0.25, 0.3) is 0 Å².